The van der Waals surface area contributed by atoms with Gasteiger partial charge < -0.3 is 10.1 Å². The quantitative estimate of drug-likeness (QED) is 0.394. The molecular weight excluding hydrogens is 298 g/mol. The molecule has 1 rings (SSSR count). The highest BCUT2D eigenvalue weighted by atomic mass is 79.9. The molecule has 0 saturated heterocycles. The van der Waals surface area contributed by atoms with Gasteiger partial charge in [0.1, 0.15) is 5.57 Å². The van der Waals surface area contributed by atoms with Crippen LogP contribution in [-0.4, -0.2) is 18.3 Å². The van der Waals surface area contributed by atoms with Gasteiger partial charge in [0.2, 0.25) is 0 Å². The zero-order valence-corrected chi connectivity index (χ0v) is 11.8. The molecule has 5 heteroatoms. The summed E-state index contributed by atoms with van der Waals surface area (Å²) in [7, 11) is 0. The van der Waals surface area contributed by atoms with Crippen molar-refractivity contribution < 1.29 is 14.3 Å². The highest BCUT2D eigenvalue weighted by Gasteiger charge is 2.15. The van der Waals surface area contributed by atoms with E-state index in [1.807, 2.05) is 6.07 Å². The Balaban J connectivity index is 2.82. The number of Topliss-reactive ketones (excluding diaryl/α,β-unsaturated/α-hetero) is 1. The molecule has 0 radical (unpaired) electrons. The Morgan fingerprint density at radius 2 is 2.17 bits per heavy atom. The Morgan fingerprint density at radius 3 is 2.72 bits per heavy atom. The fraction of sp³-hybridized carbons (Fsp3) is 0.231. The van der Waals surface area contributed by atoms with Crippen LogP contribution in [0.2, 0.25) is 0 Å². The van der Waals surface area contributed by atoms with Crippen molar-refractivity contribution in [1.29, 1.82) is 0 Å². The summed E-state index contributed by atoms with van der Waals surface area (Å²) in [6.07, 6.45) is 1.19. The largest absolute Gasteiger partial charge is 0.501 e. The molecule has 0 atom stereocenters. The summed E-state index contributed by atoms with van der Waals surface area (Å²) in [5.41, 5.74) is 0.606. The zero-order valence-electron chi connectivity index (χ0n) is 10.2. The lowest BCUT2D eigenvalue weighted by molar-refractivity contribution is -0.119. The van der Waals surface area contributed by atoms with Crippen molar-refractivity contribution in [3.05, 3.63) is 40.6 Å². The number of carbonyl (C=O) groups is 2. The van der Waals surface area contributed by atoms with Crippen LogP contribution < -0.4 is 5.32 Å². The third-order valence-electron chi connectivity index (χ3n) is 2.07. The van der Waals surface area contributed by atoms with E-state index < -0.39 is 5.91 Å². The van der Waals surface area contributed by atoms with Crippen molar-refractivity contribution in [2.24, 2.45) is 0 Å². The minimum Gasteiger partial charge on any atom is -0.501 e. The van der Waals surface area contributed by atoms with E-state index >= 15 is 0 Å². The van der Waals surface area contributed by atoms with Crippen molar-refractivity contribution in [1.82, 2.24) is 0 Å². The Bertz CT molecular complexity index is 483. The lowest BCUT2D eigenvalue weighted by Gasteiger charge is -2.07. The summed E-state index contributed by atoms with van der Waals surface area (Å²) in [6.45, 7) is 3.51. The molecule has 0 fully saturated rings. The third kappa shape index (κ3) is 4.33. The van der Waals surface area contributed by atoms with E-state index in [1.54, 1.807) is 25.1 Å². The molecule has 0 saturated carbocycles. The molecule has 18 heavy (non-hydrogen) atoms. The van der Waals surface area contributed by atoms with E-state index in [9.17, 15) is 9.59 Å². The van der Waals surface area contributed by atoms with E-state index in [1.165, 1.54) is 13.2 Å². The van der Waals surface area contributed by atoms with Crippen LogP contribution in [-0.2, 0) is 14.3 Å². The standard InChI is InChI=1S/C13H14BrNO3/c1-3-18-8-12(9(2)16)13(17)15-11-6-4-5-10(14)7-11/h4-8H,3H2,1-2H3,(H,15,17). The molecule has 0 unspecified atom stereocenters. The number of halogens is 1. The molecule has 96 valence electrons. The number of hydrogen-bond acceptors (Lipinski definition) is 3. The van der Waals surface area contributed by atoms with E-state index in [4.69, 9.17) is 4.74 Å². The highest BCUT2D eigenvalue weighted by molar-refractivity contribution is 9.10. The molecule has 0 aromatic heterocycles. The van der Waals surface area contributed by atoms with Crippen LogP contribution in [0.15, 0.2) is 40.6 Å². The topological polar surface area (TPSA) is 55.4 Å². The molecule has 0 bridgehead atoms. The normalized spacial score (nSPS) is 10.9. The number of ketones is 1. The first kappa shape index (κ1) is 14.4. The maximum absolute atomic E-state index is 11.9. The number of anilines is 1. The first-order chi connectivity index (χ1) is 8.54. The van der Waals surface area contributed by atoms with Crippen molar-refractivity contribution >= 4 is 33.3 Å². The molecule has 1 aromatic rings. The van der Waals surface area contributed by atoms with E-state index in [0.717, 1.165) is 4.47 Å². The monoisotopic (exact) mass is 311 g/mol. The first-order valence-electron chi connectivity index (χ1n) is 5.44. The summed E-state index contributed by atoms with van der Waals surface area (Å²) in [5, 5.41) is 2.64. The number of amides is 1. The SMILES string of the molecule is CCOC=C(C(C)=O)C(=O)Nc1cccc(Br)c1. The van der Waals surface area contributed by atoms with Gasteiger partial charge in [0, 0.05) is 10.2 Å². The Kier molecular flexibility index (Phi) is 5.58. The molecule has 0 spiro atoms. The average Bonchev–Trinajstić information content (AvgIpc) is 2.29. The molecule has 1 aromatic carbocycles. The number of carbonyl (C=O) groups excluding carboxylic acids is 2. The molecule has 0 aliphatic heterocycles. The minimum absolute atomic E-state index is 0.00294. The van der Waals surface area contributed by atoms with Crippen LogP contribution in [0.3, 0.4) is 0 Å². The van der Waals surface area contributed by atoms with E-state index in [2.05, 4.69) is 21.2 Å². The summed E-state index contributed by atoms with van der Waals surface area (Å²) in [6, 6.07) is 7.12. The predicted octanol–water partition coefficient (Wildman–Crippen LogP) is 2.90. The molecule has 1 N–H and O–H groups in total. The van der Waals surface area contributed by atoms with Crippen LogP contribution in [0, 0.1) is 0 Å². The van der Waals surface area contributed by atoms with Gasteiger partial charge >= 0.3 is 0 Å². The summed E-state index contributed by atoms with van der Waals surface area (Å²) in [4.78, 5) is 23.2. The first-order valence-corrected chi connectivity index (χ1v) is 6.23. The summed E-state index contributed by atoms with van der Waals surface area (Å²) in [5.74, 6) is -0.815. The van der Waals surface area contributed by atoms with Gasteiger partial charge in [-0.05, 0) is 32.0 Å². The second-order valence-corrected chi connectivity index (χ2v) is 4.42. The van der Waals surface area contributed by atoms with Crippen LogP contribution in [0.1, 0.15) is 13.8 Å². The zero-order chi connectivity index (χ0) is 13.5. The number of rotatable bonds is 5. The second-order valence-electron chi connectivity index (χ2n) is 3.51. The third-order valence-corrected chi connectivity index (χ3v) is 2.57. The average molecular weight is 312 g/mol. The smallest absolute Gasteiger partial charge is 0.262 e. The molecule has 0 aliphatic rings. The van der Waals surface area contributed by atoms with Gasteiger partial charge in [0.25, 0.3) is 5.91 Å². The lowest BCUT2D eigenvalue weighted by Crippen LogP contribution is -2.19. The van der Waals surface area contributed by atoms with E-state index in [-0.39, 0.29) is 11.4 Å². The second kappa shape index (κ2) is 6.96. The maximum Gasteiger partial charge on any atom is 0.262 e. The fourth-order valence-electron chi connectivity index (χ4n) is 1.23. The Labute approximate surface area is 114 Å². The minimum atomic E-state index is -0.478. The predicted molar refractivity (Wildman–Crippen MR) is 73.2 cm³/mol. The number of hydrogen-bond donors (Lipinski definition) is 1. The number of nitrogens with one attached hydrogen (secondary N) is 1. The van der Waals surface area contributed by atoms with Gasteiger partial charge in [-0.3, -0.25) is 9.59 Å². The van der Waals surface area contributed by atoms with E-state index in [0.29, 0.717) is 12.3 Å². The molecular formula is C13H14BrNO3. The van der Waals surface area contributed by atoms with Gasteiger partial charge in [-0.25, -0.2) is 0 Å². The van der Waals surface area contributed by atoms with Crippen molar-refractivity contribution in [2.75, 3.05) is 11.9 Å². The molecule has 1 amide bonds. The summed E-state index contributed by atoms with van der Waals surface area (Å²) < 4.78 is 5.83. The molecule has 0 aliphatic carbocycles. The van der Waals surface area contributed by atoms with Gasteiger partial charge in [-0.2, -0.15) is 0 Å². The van der Waals surface area contributed by atoms with Crippen LogP contribution in [0.25, 0.3) is 0 Å². The van der Waals surface area contributed by atoms with Gasteiger partial charge in [0.05, 0.1) is 12.9 Å². The maximum atomic E-state index is 11.9. The lowest BCUT2D eigenvalue weighted by atomic mass is 10.2. The highest BCUT2D eigenvalue weighted by Crippen LogP contribution is 2.16. The Hall–Kier alpha value is -1.62. The van der Waals surface area contributed by atoms with Gasteiger partial charge in [0.15, 0.2) is 5.78 Å². The van der Waals surface area contributed by atoms with Crippen molar-refractivity contribution in [3.63, 3.8) is 0 Å². The summed E-state index contributed by atoms with van der Waals surface area (Å²) >= 11 is 3.30. The van der Waals surface area contributed by atoms with Crippen LogP contribution >= 0.6 is 15.9 Å². The van der Waals surface area contributed by atoms with Crippen LogP contribution in [0.5, 0.6) is 0 Å². The number of ether oxygens (including phenoxy) is 1. The fourth-order valence-corrected chi connectivity index (χ4v) is 1.63. The molecule has 0 heterocycles. The molecule has 4 nitrogen and oxygen atoms in total. The Morgan fingerprint density at radius 1 is 1.44 bits per heavy atom. The number of benzene rings is 1. The van der Waals surface area contributed by atoms with Crippen molar-refractivity contribution in [3.8, 4) is 0 Å². The van der Waals surface area contributed by atoms with Crippen LogP contribution in [0.4, 0.5) is 5.69 Å². The van der Waals surface area contributed by atoms with Gasteiger partial charge in [-0.15, -0.1) is 0 Å². The van der Waals surface area contributed by atoms with Crippen molar-refractivity contribution in [2.45, 2.75) is 13.8 Å². The van der Waals surface area contributed by atoms with Gasteiger partial charge in [-0.1, -0.05) is 22.0 Å².